The molecule has 0 aliphatic heterocycles. The molecular formula is C38H42N6O. The summed E-state index contributed by atoms with van der Waals surface area (Å²) >= 11 is 0. The van der Waals surface area contributed by atoms with Crippen molar-refractivity contribution in [3.63, 3.8) is 0 Å². The summed E-state index contributed by atoms with van der Waals surface area (Å²) in [4.78, 5) is 18.0. The number of carbonyl (C=O) groups excluding carboxylic acids is 1. The molecule has 230 valence electrons. The van der Waals surface area contributed by atoms with Crippen molar-refractivity contribution in [1.29, 1.82) is 0 Å². The van der Waals surface area contributed by atoms with Crippen LogP contribution in [-0.2, 0) is 11.8 Å². The van der Waals surface area contributed by atoms with E-state index in [4.69, 9.17) is 0 Å². The topological polar surface area (TPSA) is 83.9 Å². The summed E-state index contributed by atoms with van der Waals surface area (Å²) in [7, 11) is 0. The summed E-state index contributed by atoms with van der Waals surface area (Å²) in [5, 5.41) is 16.8. The number of nitrogens with zero attached hydrogens (tertiary/aromatic N) is 3. The maximum absolute atomic E-state index is 13.6. The molecule has 0 saturated carbocycles. The molecule has 6 rings (SSSR count). The highest BCUT2D eigenvalue weighted by Crippen LogP contribution is 2.36. The number of benzene rings is 3. The van der Waals surface area contributed by atoms with E-state index in [9.17, 15) is 4.79 Å². The van der Waals surface area contributed by atoms with E-state index >= 15 is 0 Å². The molecule has 45 heavy (non-hydrogen) atoms. The Bertz CT molecular complexity index is 1820. The Morgan fingerprint density at radius 1 is 0.911 bits per heavy atom. The number of aromatic nitrogens is 3. The second-order valence-electron chi connectivity index (χ2n) is 12.9. The Morgan fingerprint density at radius 2 is 1.69 bits per heavy atom. The molecule has 7 heteroatoms. The number of amides is 2. The average molecular weight is 599 g/mol. The van der Waals surface area contributed by atoms with Crippen LogP contribution >= 0.6 is 0 Å². The smallest absolute Gasteiger partial charge is 0.310 e. The number of hydrogen-bond acceptors (Lipinski definition) is 4. The summed E-state index contributed by atoms with van der Waals surface area (Å²) < 4.78 is 1.74. The van der Waals surface area contributed by atoms with E-state index in [1.807, 2.05) is 37.4 Å². The van der Waals surface area contributed by atoms with Gasteiger partial charge in [-0.1, -0.05) is 87.5 Å². The lowest BCUT2D eigenvalue weighted by Crippen LogP contribution is -2.31. The van der Waals surface area contributed by atoms with Crippen LogP contribution in [0.4, 0.5) is 16.3 Å². The normalized spacial score (nSPS) is 15.1. The van der Waals surface area contributed by atoms with Gasteiger partial charge in [0.15, 0.2) is 0 Å². The second kappa shape index (κ2) is 13.1. The quantitative estimate of drug-likeness (QED) is 0.167. The molecule has 0 radical (unpaired) electrons. The number of urea groups is 1. The third kappa shape index (κ3) is 6.99. The predicted octanol–water partition coefficient (Wildman–Crippen LogP) is 8.44. The standard InChI is InChI=1S/C38H42N6O/c1-26-17-18-30(24-40-26)44-36(34(25-41-44)38(2,3)4)43-37(45)42-35-20-19-31(32-15-8-9-16-33(32)35)28-13-10-14-29(23-28)39-22-21-27-11-6-5-7-12-27/h5-9,11-12,15-20,23-25,29,39H,10,13-14,21-22H2,1-4H3,(H2,42,43,45). The molecular weight excluding hydrogens is 556 g/mol. The highest BCUT2D eigenvalue weighted by molar-refractivity contribution is 6.08. The Kier molecular flexibility index (Phi) is 8.80. The van der Waals surface area contributed by atoms with Gasteiger partial charge in [0.25, 0.3) is 0 Å². The van der Waals surface area contributed by atoms with Crippen LogP contribution in [0.2, 0.25) is 0 Å². The molecule has 3 aromatic carbocycles. The zero-order valence-corrected chi connectivity index (χ0v) is 26.6. The zero-order valence-electron chi connectivity index (χ0n) is 26.6. The SMILES string of the molecule is Cc1ccc(-n2ncc(C(C)(C)C)c2NC(=O)Nc2ccc(C3=CC(NCCc4ccccc4)CCC3)c3ccccc23)cn1. The van der Waals surface area contributed by atoms with Gasteiger partial charge in [0.05, 0.1) is 23.8 Å². The number of carbonyl (C=O) groups is 1. The maximum atomic E-state index is 13.6. The fourth-order valence-corrected chi connectivity index (χ4v) is 6.10. The lowest BCUT2D eigenvalue weighted by Gasteiger charge is -2.24. The number of rotatable bonds is 8. The molecule has 1 aliphatic rings. The Hall–Kier alpha value is -4.75. The van der Waals surface area contributed by atoms with E-state index in [1.54, 1.807) is 10.9 Å². The zero-order chi connectivity index (χ0) is 31.4. The molecule has 0 saturated heterocycles. The minimum Gasteiger partial charge on any atom is -0.310 e. The first-order chi connectivity index (χ1) is 21.8. The van der Waals surface area contributed by atoms with Gasteiger partial charge in [-0.2, -0.15) is 5.10 Å². The van der Waals surface area contributed by atoms with Crippen molar-refractivity contribution in [1.82, 2.24) is 20.1 Å². The molecule has 0 bridgehead atoms. The van der Waals surface area contributed by atoms with Crippen LogP contribution in [0.15, 0.2) is 97.3 Å². The van der Waals surface area contributed by atoms with Crippen LogP contribution in [0.25, 0.3) is 22.0 Å². The van der Waals surface area contributed by atoms with Crippen LogP contribution in [0, 0.1) is 6.92 Å². The molecule has 2 amide bonds. The van der Waals surface area contributed by atoms with Gasteiger partial charge < -0.3 is 10.6 Å². The highest BCUT2D eigenvalue weighted by atomic mass is 16.2. The Morgan fingerprint density at radius 3 is 2.44 bits per heavy atom. The predicted molar refractivity (Wildman–Crippen MR) is 185 cm³/mol. The average Bonchev–Trinajstić information content (AvgIpc) is 3.46. The molecule has 3 N–H and O–H groups in total. The summed E-state index contributed by atoms with van der Waals surface area (Å²) in [6, 6.07) is 27.1. The van der Waals surface area contributed by atoms with Gasteiger partial charge in [0, 0.05) is 22.7 Å². The van der Waals surface area contributed by atoms with E-state index in [0.717, 1.165) is 65.6 Å². The number of allylic oxidation sites excluding steroid dienone is 1. The van der Waals surface area contributed by atoms with Crippen molar-refractivity contribution >= 4 is 33.9 Å². The van der Waals surface area contributed by atoms with E-state index in [2.05, 4.69) is 107 Å². The summed E-state index contributed by atoms with van der Waals surface area (Å²) in [5.41, 5.74) is 7.13. The summed E-state index contributed by atoms with van der Waals surface area (Å²) in [5.74, 6) is 0.629. The van der Waals surface area contributed by atoms with Crippen LogP contribution in [0.3, 0.4) is 0 Å². The minimum absolute atomic E-state index is 0.227. The molecule has 1 aliphatic carbocycles. The Labute approximate surface area is 265 Å². The van der Waals surface area contributed by atoms with Gasteiger partial charge in [0.1, 0.15) is 5.82 Å². The second-order valence-corrected chi connectivity index (χ2v) is 12.9. The molecule has 2 heterocycles. The van der Waals surface area contributed by atoms with Crippen LogP contribution in [0.5, 0.6) is 0 Å². The lowest BCUT2D eigenvalue weighted by molar-refractivity contribution is 0.262. The number of pyridine rings is 1. The number of anilines is 2. The number of hydrogen-bond donors (Lipinski definition) is 3. The minimum atomic E-state index is -0.320. The van der Waals surface area contributed by atoms with Crippen LogP contribution in [0.1, 0.15) is 62.4 Å². The van der Waals surface area contributed by atoms with Crippen molar-refractivity contribution in [2.45, 2.75) is 64.8 Å². The summed E-state index contributed by atoms with van der Waals surface area (Å²) in [6.45, 7) is 9.23. The molecule has 2 aromatic heterocycles. The van der Waals surface area contributed by atoms with E-state index in [-0.39, 0.29) is 11.4 Å². The van der Waals surface area contributed by atoms with Crippen LogP contribution in [-0.4, -0.2) is 33.4 Å². The van der Waals surface area contributed by atoms with Gasteiger partial charge in [-0.05, 0) is 84.9 Å². The van der Waals surface area contributed by atoms with Gasteiger partial charge in [0.2, 0.25) is 0 Å². The molecule has 1 unspecified atom stereocenters. The van der Waals surface area contributed by atoms with Gasteiger partial charge in [-0.15, -0.1) is 0 Å². The molecule has 0 fully saturated rings. The molecule has 5 aromatic rings. The molecule has 1 atom stereocenters. The maximum Gasteiger partial charge on any atom is 0.324 e. The number of nitrogens with one attached hydrogen (secondary N) is 3. The Balaban J connectivity index is 1.22. The fourth-order valence-electron chi connectivity index (χ4n) is 6.10. The lowest BCUT2D eigenvalue weighted by atomic mass is 9.88. The fraction of sp³-hybridized carbons (Fsp3) is 0.289. The van der Waals surface area contributed by atoms with E-state index in [1.165, 1.54) is 16.7 Å². The first-order valence-electron chi connectivity index (χ1n) is 15.9. The third-order valence-electron chi connectivity index (χ3n) is 8.49. The van der Waals surface area contributed by atoms with Crippen molar-refractivity contribution < 1.29 is 4.79 Å². The molecule has 0 spiro atoms. The first-order valence-corrected chi connectivity index (χ1v) is 15.9. The van der Waals surface area contributed by atoms with Crippen molar-refractivity contribution in [2.75, 3.05) is 17.2 Å². The number of fused-ring (bicyclic) bond motifs is 1. The van der Waals surface area contributed by atoms with Crippen molar-refractivity contribution in [3.8, 4) is 5.69 Å². The summed E-state index contributed by atoms with van der Waals surface area (Å²) in [6.07, 6.45) is 10.3. The van der Waals surface area contributed by atoms with E-state index in [0.29, 0.717) is 11.9 Å². The van der Waals surface area contributed by atoms with Crippen LogP contribution < -0.4 is 16.0 Å². The van der Waals surface area contributed by atoms with Gasteiger partial charge >= 0.3 is 6.03 Å². The highest BCUT2D eigenvalue weighted by Gasteiger charge is 2.25. The first kappa shape index (κ1) is 30.3. The van der Waals surface area contributed by atoms with Gasteiger partial charge in [-0.25, -0.2) is 9.48 Å². The monoisotopic (exact) mass is 598 g/mol. The van der Waals surface area contributed by atoms with Crippen molar-refractivity contribution in [2.24, 2.45) is 0 Å². The molecule has 7 nitrogen and oxygen atoms in total. The van der Waals surface area contributed by atoms with Gasteiger partial charge in [-0.3, -0.25) is 10.3 Å². The largest absolute Gasteiger partial charge is 0.324 e. The van der Waals surface area contributed by atoms with Crippen molar-refractivity contribution in [3.05, 3.63) is 120 Å². The number of aryl methyl sites for hydroxylation is 1. The van der Waals surface area contributed by atoms with E-state index < -0.39 is 0 Å². The third-order valence-corrected chi connectivity index (χ3v) is 8.49.